The van der Waals surface area contributed by atoms with Gasteiger partial charge in [0.25, 0.3) is 8.32 Å². The highest BCUT2D eigenvalue weighted by Crippen LogP contribution is 2.39. The van der Waals surface area contributed by atoms with E-state index < -0.39 is 32.4 Å². The minimum Gasteiger partial charge on any atom is -0.421 e. The zero-order chi connectivity index (χ0) is 32.5. The summed E-state index contributed by atoms with van der Waals surface area (Å²) in [6.45, 7) is 12.1. The molecule has 0 N–H and O–H groups in total. The first kappa shape index (κ1) is 35.3. The number of hydrogen-bond donors (Lipinski definition) is 0. The first-order valence-electron chi connectivity index (χ1n) is 15.9. The first-order chi connectivity index (χ1) is 21.5. The van der Waals surface area contributed by atoms with E-state index in [1.807, 2.05) is 36.4 Å². The Kier molecular flexibility index (Phi) is 12.4. The molecule has 4 aromatic rings. The number of halogens is 1. The molecule has 240 valence electrons. The number of unbranched alkanes of at least 4 members (excludes halogenated alkanes) is 2. The summed E-state index contributed by atoms with van der Waals surface area (Å²) in [7, 11) is -7.61. The lowest BCUT2D eigenvalue weighted by molar-refractivity contribution is 0.285. The summed E-state index contributed by atoms with van der Waals surface area (Å²) < 4.78 is 41.8. The van der Waals surface area contributed by atoms with Crippen LogP contribution in [0.15, 0.2) is 114 Å². The van der Waals surface area contributed by atoms with Crippen molar-refractivity contribution in [1.82, 2.24) is 0 Å². The van der Waals surface area contributed by atoms with Gasteiger partial charge in [-0.2, -0.15) is 0 Å². The summed E-state index contributed by atoms with van der Waals surface area (Å²) in [5.74, 6) is 0. The number of hydrogen-bond acceptors (Lipinski definition) is 4. The molecule has 0 saturated heterocycles. The Morgan fingerprint density at radius 1 is 0.756 bits per heavy atom. The van der Waals surface area contributed by atoms with Crippen LogP contribution in [0.3, 0.4) is 0 Å². The van der Waals surface area contributed by atoms with Crippen LogP contribution < -0.4 is 10.4 Å². The molecule has 0 aliphatic carbocycles. The Morgan fingerprint density at radius 3 is 1.87 bits per heavy atom. The first-order valence-corrected chi connectivity index (χ1v) is 22.5. The smallest absolute Gasteiger partial charge is 0.261 e. The highest BCUT2D eigenvalue weighted by molar-refractivity contribution is 7.91. The van der Waals surface area contributed by atoms with Gasteiger partial charge in [-0.1, -0.05) is 130 Å². The lowest BCUT2D eigenvalue weighted by Gasteiger charge is -2.43. The second kappa shape index (κ2) is 15.8. The molecule has 45 heavy (non-hydrogen) atoms. The summed E-state index contributed by atoms with van der Waals surface area (Å²) >= 11 is 6.14. The predicted molar refractivity (Wildman–Crippen MR) is 194 cm³/mol. The van der Waals surface area contributed by atoms with Crippen LogP contribution in [0.5, 0.6) is 0 Å². The Bertz CT molecular complexity index is 1550. The van der Waals surface area contributed by atoms with Gasteiger partial charge in [0.2, 0.25) is 0 Å². The van der Waals surface area contributed by atoms with Gasteiger partial charge in [-0.3, -0.25) is 0 Å². The second-order valence-electron chi connectivity index (χ2n) is 12.9. The van der Waals surface area contributed by atoms with Crippen LogP contribution in [-0.2, 0) is 25.3 Å². The van der Waals surface area contributed by atoms with E-state index in [1.54, 1.807) is 24.3 Å². The van der Waals surface area contributed by atoms with Gasteiger partial charge in [-0.15, -0.1) is 0 Å². The molecule has 0 aliphatic rings. The van der Waals surface area contributed by atoms with Crippen LogP contribution in [0, 0.1) is 0 Å². The summed E-state index contributed by atoms with van der Waals surface area (Å²) in [4.78, 5) is 0.286. The van der Waals surface area contributed by atoms with Gasteiger partial charge in [-0.25, -0.2) is 8.42 Å². The lowest BCUT2D eigenvalue weighted by Crippen LogP contribution is -2.66. The molecule has 4 aromatic carbocycles. The van der Waals surface area contributed by atoms with Crippen molar-refractivity contribution in [3.05, 3.63) is 125 Å². The van der Waals surface area contributed by atoms with Crippen LogP contribution in [-0.4, -0.2) is 32.4 Å². The standard InChI is InChI=1S/C37H47ClO4SSi2/c1-37(2,3)45(33-18-9-6-10-19-33,34-20-11-7-12-21-34)42-29-30-17-14-15-22-35(30)36(23-13-8-16-28-41-44(4)5)43(39,40)32-26-24-31(38)25-27-32/h6-7,9-12,14-15,17-22,24-27,36,44H,8,13,16,23,28-29H2,1-5H3. The molecule has 4 rings (SSSR count). The fourth-order valence-electron chi connectivity index (χ4n) is 6.12. The molecule has 0 aromatic heterocycles. The molecular weight excluding hydrogens is 632 g/mol. The van der Waals surface area contributed by atoms with E-state index in [0.29, 0.717) is 18.1 Å². The highest BCUT2D eigenvalue weighted by Gasteiger charge is 2.50. The minimum absolute atomic E-state index is 0.194. The molecule has 0 fully saturated rings. The number of rotatable bonds is 15. The van der Waals surface area contributed by atoms with Crippen molar-refractivity contribution in [3.63, 3.8) is 0 Å². The Hall–Kier alpha value is -2.53. The highest BCUT2D eigenvalue weighted by atomic mass is 35.5. The average Bonchev–Trinajstić information content (AvgIpc) is 3.02. The van der Waals surface area contributed by atoms with Crippen molar-refractivity contribution in [2.75, 3.05) is 6.61 Å². The molecule has 1 unspecified atom stereocenters. The van der Waals surface area contributed by atoms with Gasteiger partial charge in [0.1, 0.15) is 0 Å². The quantitative estimate of drug-likeness (QED) is 0.0935. The van der Waals surface area contributed by atoms with Crippen molar-refractivity contribution in [1.29, 1.82) is 0 Å². The monoisotopic (exact) mass is 678 g/mol. The Morgan fingerprint density at radius 2 is 1.31 bits per heavy atom. The molecule has 0 amide bonds. The summed E-state index contributed by atoms with van der Waals surface area (Å²) in [6, 6.07) is 35.5. The molecule has 8 heteroatoms. The molecule has 1 atom stereocenters. The van der Waals surface area contributed by atoms with Gasteiger partial charge in [0, 0.05) is 11.6 Å². The van der Waals surface area contributed by atoms with Crippen LogP contribution in [0.25, 0.3) is 0 Å². The summed E-state index contributed by atoms with van der Waals surface area (Å²) in [5, 5.41) is 1.99. The topological polar surface area (TPSA) is 52.6 Å². The van der Waals surface area contributed by atoms with Crippen LogP contribution in [0.4, 0.5) is 0 Å². The lowest BCUT2D eigenvalue weighted by atomic mass is 10.0. The van der Waals surface area contributed by atoms with E-state index in [0.717, 1.165) is 37.0 Å². The van der Waals surface area contributed by atoms with E-state index in [4.69, 9.17) is 20.5 Å². The molecule has 0 radical (unpaired) electrons. The van der Waals surface area contributed by atoms with Crippen molar-refractivity contribution in [2.45, 2.75) is 81.3 Å². The van der Waals surface area contributed by atoms with Gasteiger partial charge in [0.05, 0.1) is 16.8 Å². The third-order valence-corrected chi connectivity index (χ3v) is 16.6. The molecular formula is C37H47ClO4SSi2. The minimum atomic E-state index is -3.71. The third kappa shape index (κ3) is 8.64. The van der Waals surface area contributed by atoms with Gasteiger partial charge >= 0.3 is 0 Å². The largest absolute Gasteiger partial charge is 0.421 e. The van der Waals surface area contributed by atoms with Crippen LogP contribution >= 0.6 is 11.6 Å². The third-order valence-electron chi connectivity index (χ3n) is 8.34. The maximum Gasteiger partial charge on any atom is 0.261 e. The zero-order valence-electron chi connectivity index (χ0n) is 27.2. The Labute approximate surface area is 278 Å². The van der Waals surface area contributed by atoms with E-state index in [9.17, 15) is 8.42 Å². The van der Waals surface area contributed by atoms with Crippen molar-refractivity contribution < 1.29 is 17.3 Å². The maximum atomic E-state index is 14.3. The number of benzene rings is 4. The predicted octanol–water partition coefficient (Wildman–Crippen LogP) is 8.49. The van der Waals surface area contributed by atoms with Crippen molar-refractivity contribution in [3.8, 4) is 0 Å². The van der Waals surface area contributed by atoms with Gasteiger partial charge in [-0.05, 0) is 76.7 Å². The molecule has 4 nitrogen and oxygen atoms in total. The van der Waals surface area contributed by atoms with Crippen molar-refractivity contribution >= 4 is 49.2 Å². The van der Waals surface area contributed by atoms with Crippen LogP contribution in [0.1, 0.15) is 62.8 Å². The fraction of sp³-hybridized carbons (Fsp3) is 0.351. The second-order valence-corrected chi connectivity index (χ2v) is 22.2. The maximum absolute atomic E-state index is 14.3. The normalized spacial score (nSPS) is 13.2. The molecule has 0 heterocycles. The van der Waals surface area contributed by atoms with E-state index in [2.05, 4.69) is 82.4 Å². The van der Waals surface area contributed by atoms with Crippen molar-refractivity contribution in [2.24, 2.45) is 0 Å². The fourth-order valence-corrected chi connectivity index (χ4v) is 13.3. The zero-order valence-corrected chi connectivity index (χ0v) is 30.9. The number of sulfone groups is 1. The summed E-state index contributed by atoms with van der Waals surface area (Å²) in [6.07, 6.45) is 3.14. The molecule has 0 saturated carbocycles. The van der Waals surface area contributed by atoms with E-state index in [1.165, 1.54) is 10.4 Å². The van der Waals surface area contributed by atoms with E-state index in [-0.39, 0.29) is 9.93 Å². The SMILES string of the molecule is C[SiH](C)OCCCCCC(c1ccccc1CO[Si](c1ccccc1)(c1ccccc1)C(C)(C)C)S(=O)(=O)c1ccc(Cl)cc1. The van der Waals surface area contributed by atoms with Crippen LogP contribution in [0.2, 0.25) is 23.2 Å². The molecule has 0 aliphatic heterocycles. The molecule has 0 spiro atoms. The summed E-state index contributed by atoms with van der Waals surface area (Å²) in [5.41, 5.74) is 1.71. The van der Waals surface area contributed by atoms with Gasteiger partial charge < -0.3 is 8.85 Å². The van der Waals surface area contributed by atoms with E-state index >= 15 is 0 Å². The average molecular weight is 679 g/mol. The van der Waals surface area contributed by atoms with Gasteiger partial charge in [0.15, 0.2) is 18.9 Å². The Balaban J connectivity index is 1.73. The molecule has 0 bridgehead atoms.